The van der Waals surface area contributed by atoms with Gasteiger partial charge in [-0.25, -0.2) is 9.97 Å². The third kappa shape index (κ3) is 4.77. The van der Waals surface area contributed by atoms with Gasteiger partial charge in [0.25, 0.3) is 5.91 Å². The molecule has 0 bridgehead atoms. The second-order valence-electron chi connectivity index (χ2n) is 6.50. The number of rotatable bonds is 5. The van der Waals surface area contributed by atoms with Crippen molar-refractivity contribution in [2.45, 2.75) is 39.0 Å². The van der Waals surface area contributed by atoms with Crippen LogP contribution in [0.1, 0.15) is 49.1 Å². The van der Waals surface area contributed by atoms with Crippen molar-refractivity contribution in [3.05, 3.63) is 53.6 Å². The molecule has 122 valence electrons. The lowest BCUT2D eigenvalue weighted by Gasteiger charge is -2.16. The summed E-state index contributed by atoms with van der Waals surface area (Å²) in [5, 5.41) is 12.5. The van der Waals surface area contributed by atoms with Gasteiger partial charge in [-0.15, -0.1) is 0 Å². The zero-order valence-corrected chi connectivity index (χ0v) is 13.8. The lowest BCUT2D eigenvalue weighted by molar-refractivity contribution is 0.0950. The Bertz CT molecular complexity index is 678. The monoisotopic (exact) mass is 313 g/mol. The minimum Gasteiger partial charge on any atom is -0.507 e. The quantitative estimate of drug-likeness (QED) is 0.832. The summed E-state index contributed by atoms with van der Waals surface area (Å²) in [6.45, 7) is 6.78. The van der Waals surface area contributed by atoms with Gasteiger partial charge in [0.2, 0.25) is 0 Å². The van der Waals surface area contributed by atoms with Crippen LogP contribution < -0.4 is 5.32 Å². The summed E-state index contributed by atoms with van der Waals surface area (Å²) in [5.74, 6) is 0.560. The molecule has 1 aromatic carbocycles. The number of carbonyl (C=O) groups excluding carboxylic acids is 1. The number of phenols is 1. The largest absolute Gasteiger partial charge is 0.507 e. The molecule has 0 fully saturated rings. The van der Waals surface area contributed by atoms with Gasteiger partial charge in [0.1, 0.15) is 11.6 Å². The molecule has 0 saturated heterocycles. The van der Waals surface area contributed by atoms with Crippen LogP contribution in [0.25, 0.3) is 0 Å². The van der Waals surface area contributed by atoms with Crippen LogP contribution in [0.5, 0.6) is 5.75 Å². The lowest BCUT2D eigenvalue weighted by Crippen LogP contribution is -2.25. The molecule has 0 saturated carbocycles. The SMILES string of the molecule is CC(C)(C)c1nccc(CCCNC(=O)c2ccccc2O)n1. The van der Waals surface area contributed by atoms with Gasteiger partial charge in [-0.3, -0.25) is 4.79 Å². The molecule has 0 aliphatic heterocycles. The van der Waals surface area contributed by atoms with Crippen molar-refractivity contribution in [2.75, 3.05) is 6.54 Å². The van der Waals surface area contributed by atoms with Crippen LogP contribution in [-0.2, 0) is 11.8 Å². The molecule has 1 heterocycles. The molecule has 2 rings (SSSR count). The van der Waals surface area contributed by atoms with E-state index in [4.69, 9.17) is 0 Å². The molecule has 0 aliphatic carbocycles. The van der Waals surface area contributed by atoms with Gasteiger partial charge in [-0.1, -0.05) is 32.9 Å². The van der Waals surface area contributed by atoms with Crippen LogP contribution in [-0.4, -0.2) is 27.5 Å². The minimum atomic E-state index is -0.263. The summed E-state index contributed by atoms with van der Waals surface area (Å²) >= 11 is 0. The van der Waals surface area contributed by atoms with Crippen molar-refractivity contribution in [3.63, 3.8) is 0 Å². The van der Waals surface area contributed by atoms with Crippen molar-refractivity contribution < 1.29 is 9.90 Å². The number of phenolic OH excluding ortho intramolecular Hbond substituents is 1. The number of nitrogens with zero attached hydrogens (tertiary/aromatic N) is 2. The van der Waals surface area contributed by atoms with Crippen LogP contribution in [0, 0.1) is 0 Å². The molecule has 5 nitrogen and oxygen atoms in total. The van der Waals surface area contributed by atoms with E-state index < -0.39 is 0 Å². The van der Waals surface area contributed by atoms with Crippen LogP contribution >= 0.6 is 0 Å². The smallest absolute Gasteiger partial charge is 0.255 e. The van der Waals surface area contributed by atoms with E-state index in [0.29, 0.717) is 12.1 Å². The van der Waals surface area contributed by atoms with Crippen LogP contribution in [0.3, 0.4) is 0 Å². The number of hydrogen-bond donors (Lipinski definition) is 2. The first kappa shape index (κ1) is 16.9. The van der Waals surface area contributed by atoms with Gasteiger partial charge in [0.15, 0.2) is 0 Å². The van der Waals surface area contributed by atoms with Crippen molar-refractivity contribution in [1.29, 1.82) is 0 Å². The molecular weight excluding hydrogens is 290 g/mol. The Kier molecular flexibility index (Phi) is 5.32. The second kappa shape index (κ2) is 7.22. The molecule has 0 spiro atoms. The number of hydrogen-bond acceptors (Lipinski definition) is 4. The van der Waals surface area contributed by atoms with Gasteiger partial charge in [-0.2, -0.15) is 0 Å². The number of aromatic nitrogens is 2. The average Bonchev–Trinajstić information content (AvgIpc) is 2.51. The number of aromatic hydroxyl groups is 1. The maximum atomic E-state index is 12.0. The highest BCUT2D eigenvalue weighted by Gasteiger charge is 2.17. The van der Waals surface area contributed by atoms with E-state index in [1.165, 1.54) is 6.07 Å². The molecule has 0 radical (unpaired) electrons. The molecule has 0 atom stereocenters. The molecule has 23 heavy (non-hydrogen) atoms. The molecule has 0 unspecified atom stereocenters. The first-order chi connectivity index (χ1) is 10.9. The van der Waals surface area contributed by atoms with E-state index in [0.717, 1.165) is 24.4 Å². The summed E-state index contributed by atoms with van der Waals surface area (Å²) in [7, 11) is 0. The number of amides is 1. The van der Waals surface area contributed by atoms with Crippen molar-refractivity contribution in [3.8, 4) is 5.75 Å². The molecule has 2 N–H and O–H groups in total. The Labute approximate surface area is 136 Å². The van der Waals surface area contributed by atoms with Gasteiger partial charge in [0.05, 0.1) is 5.56 Å². The Morgan fingerprint density at radius 2 is 1.96 bits per heavy atom. The van der Waals surface area contributed by atoms with Crippen LogP contribution in [0.4, 0.5) is 0 Å². The predicted octanol–water partition coefficient (Wildman–Crippen LogP) is 2.84. The maximum absolute atomic E-state index is 12.0. The van der Waals surface area contributed by atoms with Gasteiger partial charge in [-0.05, 0) is 31.0 Å². The van der Waals surface area contributed by atoms with Crippen molar-refractivity contribution in [2.24, 2.45) is 0 Å². The molecule has 2 aromatic rings. The van der Waals surface area contributed by atoms with E-state index in [9.17, 15) is 9.90 Å². The number of nitrogens with one attached hydrogen (secondary N) is 1. The minimum absolute atomic E-state index is 0.00406. The number of carbonyl (C=O) groups is 1. The third-order valence-electron chi connectivity index (χ3n) is 3.43. The van der Waals surface area contributed by atoms with Gasteiger partial charge >= 0.3 is 0 Å². The fourth-order valence-corrected chi connectivity index (χ4v) is 2.13. The summed E-state index contributed by atoms with van der Waals surface area (Å²) in [4.78, 5) is 20.8. The highest BCUT2D eigenvalue weighted by molar-refractivity contribution is 5.96. The van der Waals surface area contributed by atoms with Gasteiger partial charge in [0, 0.05) is 23.9 Å². The summed E-state index contributed by atoms with van der Waals surface area (Å²) in [6.07, 6.45) is 3.33. The van der Waals surface area contributed by atoms with E-state index in [1.54, 1.807) is 24.4 Å². The number of aryl methyl sites for hydroxylation is 1. The first-order valence-corrected chi connectivity index (χ1v) is 7.76. The molecule has 5 heteroatoms. The maximum Gasteiger partial charge on any atom is 0.255 e. The first-order valence-electron chi connectivity index (χ1n) is 7.76. The Morgan fingerprint density at radius 3 is 2.65 bits per heavy atom. The summed E-state index contributed by atoms with van der Waals surface area (Å²) in [6, 6.07) is 8.42. The molecular formula is C18H23N3O2. The normalized spacial score (nSPS) is 11.3. The van der Waals surface area contributed by atoms with Crippen molar-refractivity contribution in [1.82, 2.24) is 15.3 Å². The summed E-state index contributed by atoms with van der Waals surface area (Å²) in [5.41, 5.74) is 1.20. The van der Waals surface area contributed by atoms with E-state index in [1.807, 2.05) is 6.07 Å². The van der Waals surface area contributed by atoms with E-state index in [-0.39, 0.29) is 17.1 Å². The highest BCUT2D eigenvalue weighted by Crippen LogP contribution is 2.18. The van der Waals surface area contributed by atoms with E-state index >= 15 is 0 Å². The zero-order valence-electron chi connectivity index (χ0n) is 13.8. The fourth-order valence-electron chi connectivity index (χ4n) is 2.13. The summed E-state index contributed by atoms with van der Waals surface area (Å²) < 4.78 is 0. The average molecular weight is 313 g/mol. The Hall–Kier alpha value is -2.43. The highest BCUT2D eigenvalue weighted by atomic mass is 16.3. The molecule has 1 aromatic heterocycles. The Morgan fingerprint density at radius 1 is 1.22 bits per heavy atom. The number of benzene rings is 1. The lowest BCUT2D eigenvalue weighted by atomic mass is 9.95. The third-order valence-corrected chi connectivity index (χ3v) is 3.43. The standard InChI is InChI=1S/C18H23N3O2/c1-18(2,3)17-20-12-10-13(21-17)7-6-11-19-16(23)14-8-4-5-9-15(14)22/h4-5,8-10,12,22H,6-7,11H2,1-3H3,(H,19,23). The van der Waals surface area contributed by atoms with Crippen LogP contribution in [0.15, 0.2) is 36.5 Å². The molecule has 1 amide bonds. The predicted molar refractivity (Wildman–Crippen MR) is 89.5 cm³/mol. The van der Waals surface area contributed by atoms with E-state index in [2.05, 4.69) is 36.1 Å². The van der Waals surface area contributed by atoms with Crippen LogP contribution in [0.2, 0.25) is 0 Å². The zero-order chi connectivity index (χ0) is 16.9. The second-order valence-corrected chi connectivity index (χ2v) is 6.50. The molecule has 0 aliphatic rings. The van der Waals surface area contributed by atoms with Crippen molar-refractivity contribution >= 4 is 5.91 Å². The topological polar surface area (TPSA) is 75.1 Å². The van der Waals surface area contributed by atoms with Gasteiger partial charge < -0.3 is 10.4 Å². The Balaban J connectivity index is 1.84. The number of para-hydroxylation sites is 1. The fraction of sp³-hybridized carbons (Fsp3) is 0.389.